The highest BCUT2D eigenvalue weighted by atomic mass is 16.5. The molecule has 0 bridgehead atoms. The minimum atomic E-state index is -0.639. The normalized spacial score (nSPS) is 12.9. The summed E-state index contributed by atoms with van der Waals surface area (Å²) in [6.45, 7) is 6.13. The fourth-order valence-corrected chi connectivity index (χ4v) is 2.00. The van der Waals surface area contributed by atoms with Gasteiger partial charge in [0.1, 0.15) is 5.76 Å². The van der Waals surface area contributed by atoms with E-state index in [-0.39, 0.29) is 23.6 Å². The zero-order valence-electron chi connectivity index (χ0n) is 13.2. The molecular weight excluding hydrogens is 280 g/mol. The summed E-state index contributed by atoms with van der Waals surface area (Å²) in [6.07, 6.45) is -0.145. The highest BCUT2D eigenvalue weighted by Gasteiger charge is 2.22. The van der Waals surface area contributed by atoms with E-state index in [9.17, 15) is 9.90 Å². The topological polar surface area (TPSA) is 75.4 Å². The molecule has 1 unspecified atom stereocenters. The van der Waals surface area contributed by atoms with Crippen LogP contribution >= 0.6 is 0 Å². The molecule has 2 rings (SSSR count). The number of nitrogens with one attached hydrogen (secondary N) is 1. The smallest absolute Gasteiger partial charge is 0.273 e. The van der Waals surface area contributed by atoms with Gasteiger partial charge in [-0.3, -0.25) is 4.79 Å². The van der Waals surface area contributed by atoms with E-state index >= 15 is 0 Å². The Balaban J connectivity index is 1.86. The maximum atomic E-state index is 12.0. The van der Waals surface area contributed by atoms with Gasteiger partial charge >= 0.3 is 0 Å². The molecule has 1 heterocycles. The summed E-state index contributed by atoms with van der Waals surface area (Å²) < 4.78 is 5.18. The summed E-state index contributed by atoms with van der Waals surface area (Å²) in [5.41, 5.74) is 1.07. The fourth-order valence-electron chi connectivity index (χ4n) is 2.00. The van der Waals surface area contributed by atoms with Crippen LogP contribution in [-0.2, 0) is 11.8 Å². The minimum Gasteiger partial charge on any atom is -0.391 e. The van der Waals surface area contributed by atoms with Crippen molar-refractivity contribution >= 4 is 5.91 Å². The molecule has 0 aliphatic rings. The molecule has 0 spiro atoms. The number of aliphatic hydroxyl groups excluding tert-OH is 1. The average Bonchev–Trinajstić information content (AvgIpc) is 2.96. The number of hydrogen-bond acceptors (Lipinski definition) is 4. The van der Waals surface area contributed by atoms with Crippen molar-refractivity contribution < 1.29 is 14.4 Å². The maximum Gasteiger partial charge on any atom is 0.273 e. The van der Waals surface area contributed by atoms with Crippen molar-refractivity contribution in [2.24, 2.45) is 0 Å². The zero-order chi connectivity index (χ0) is 16.2. The molecule has 1 aromatic heterocycles. The van der Waals surface area contributed by atoms with Crippen LogP contribution in [0, 0.1) is 0 Å². The Kier molecular flexibility index (Phi) is 4.98. The van der Waals surface area contributed by atoms with Gasteiger partial charge in [0.15, 0.2) is 5.69 Å². The number of aromatic nitrogens is 1. The second kappa shape index (κ2) is 6.75. The fraction of sp³-hybridized carbons (Fsp3) is 0.412. The van der Waals surface area contributed by atoms with Gasteiger partial charge in [-0.25, -0.2) is 0 Å². The molecule has 0 aliphatic carbocycles. The van der Waals surface area contributed by atoms with Crippen LogP contribution in [0.15, 0.2) is 40.9 Å². The number of rotatable bonds is 5. The minimum absolute atomic E-state index is 0.172. The highest BCUT2D eigenvalue weighted by molar-refractivity contribution is 5.92. The molecule has 0 saturated heterocycles. The summed E-state index contributed by atoms with van der Waals surface area (Å²) in [4.78, 5) is 12.0. The summed E-state index contributed by atoms with van der Waals surface area (Å²) in [7, 11) is 0. The van der Waals surface area contributed by atoms with Crippen molar-refractivity contribution in [3.8, 4) is 0 Å². The van der Waals surface area contributed by atoms with Crippen molar-refractivity contribution in [3.05, 3.63) is 53.4 Å². The van der Waals surface area contributed by atoms with E-state index in [1.54, 1.807) is 6.07 Å². The number of carbonyl (C=O) groups is 1. The van der Waals surface area contributed by atoms with E-state index in [1.807, 2.05) is 51.1 Å². The lowest BCUT2D eigenvalue weighted by Gasteiger charge is -2.12. The van der Waals surface area contributed by atoms with E-state index in [0.717, 1.165) is 5.56 Å². The van der Waals surface area contributed by atoms with Crippen molar-refractivity contribution in [2.75, 3.05) is 6.54 Å². The Hall–Kier alpha value is -2.14. The molecule has 5 heteroatoms. The van der Waals surface area contributed by atoms with Gasteiger partial charge in [0.25, 0.3) is 5.91 Å². The van der Waals surface area contributed by atoms with E-state index in [4.69, 9.17) is 4.52 Å². The van der Waals surface area contributed by atoms with Crippen molar-refractivity contribution in [3.63, 3.8) is 0 Å². The number of nitrogens with zero attached hydrogens (tertiary/aromatic N) is 1. The Morgan fingerprint density at radius 3 is 2.59 bits per heavy atom. The lowest BCUT2D eigenvalue weighted by molar-refractivity contribution is 0.0906. The molecule has 0 fully saturated rings. The lowest BCUT2D eigenvalue weighted by atomic mass is 9.93. The molecule has 0 aliphatic heterocycles. The van der Waals surface area contributed by atoms with Crippen LogP contribution in [0.2, 0.25) is 0 Å². The first kappa shape index (κ1) is 16.2. The molecule has 1 aromatic carbocycles. The van der Waals surface area contributed by atoms with E-state index in [0.29, 0.717) is 12.2 Å². The van der Waals surface area contributed by atoms with Crippen LogP contribution in [0.5, 0.6) is 0 Å². The number of aliphatic hydroxyl groups is 1. The van der Waals surface area contributed by atoms with Crippen LogP contribution in [0.25, 0.3) is 0 Å². The van der Waals surface area contributed by atoms with Gasteiger partial charge in [-0.15, -0.1) is 0 Å². The Morgan fingerprint density at radius 1 is 1.32 bits per heavy atom. The van der Waals surface area contributed by atoms with Crippen LogP contribution in [-0.4, -0.2) is 28.8 Å². The first-order valence-corrected chi connectivity index (χ1v) is 7.33. The molecule has 0 radical (unpaired) electrons. The number of hydrogen-bond donors (Lipinski definition) is 2. The first-order valence-electron chi connectivity index (χ1n) is 7.33. The van der Waals surface area contributed by atoms with Gasteiger partial charge in [0.05, 0.1) is 6.10 Å². The van der Waals surface area contributed by atoms with Gasteiger partial charge in [-0.1, -0.05) is 56.3 Å². The molecule has 2 N–H and O–H groups in total. The molecule has 0 saturated carbocycles. The summed E-state index contributed by atoms with van der Waals surface area (Å²) in [5, 5.41) is 16.4. The Bertz CT molecular complexity index is 614. The number of carbonyl (C=O) groups excluding carboxylic acids is 1. The highest BCUT2D eigenvalue weighted by Crippen LogP contribution is 2.22. The SMILES string of the molecule is CC(C)(C)c1cc(C(=O)NCC(O)Cc2ccccc2)no1. The Labute approximate surface area is 130 Å². The molecule has 1 amide bonds. The summed E-state index contributed by atoms with van der Waals surface area (Å²) in [5.74, 6) is 0.314. The van der Waals surface area contributed by atoms with Gasteiger partial charge in [-0.2, -0.15) is 0 Å². The van der Waals surface area contributed by atoms with Crippen LogP contribution in [0.1, 0.15) is 42.6 Å². The molecular formula is C17H22N2O3. The largest absolute Gasteiger partial charge is 0.391 e. The van der Waals surface area contributed by atoms with Crippen LogP contribution < -0.4 is 5.32 Å². The van der Waals surface area contributed by atoms with Crippen LogP contribution in [0.4, 0.5) is 0 Å². The summed E-state index contributed by atoms with van der Waals surface area (Å²) in [6, 6.07) is 11.3. The maximum absolute atomic E-state index is 12.0. The van der Waals surface area contributed by atoms with E-state index < -0.39 is 6.10 Å². The quantitative estimate of drug-likeness (QED) is 0.888. The number of benzene rings is 1. The van der Waals surface area contributed by atoms with Crippen molar-refractivity contribution in [1.82, 2.24) is 10.5 Å². The third-order valence-corrected chi connectivity index (χ3v) is 3.29. The predicted octanol–water partition coefficient (Wildman–Crippen LogP) is 2.31. The molecule has 5 nitrogen and oxygen atoms in total. The van der Waals surface area contributed by atoms with Gasteiger partial charge < -0.3 is 14.9 Å². The second-order valence-corrected chi connectivity index (χ2v) is 6.38. The van der Waals surface area contributed by atoms with Crippen molar-refractivity contribution in [1.29, 1.82) is 0 Å². The average molecular weight is 302 g/mol. The van der Waals surface area contributed by atoms with Gasteiger partial charge in [0.2, 0.25) is 0 Å². The monoisotopic (exact) mass is 302 g/mol. The van der Waals surface area contributed by atoms with Crippen LogP contribution in [0.3, 0.4) is 0 Å². The predicted molar refractivity (Wildman–Crippen MR) is 83.7 cm³/mol. The van der Waals surface area contributed by atoms with E-state index in [1.165, 1.54) is 0 Å². The first-order chi connectivity index (χ1) is 10.4. The molecule has 118 valence electrons. The lowest BCUT2D eigenvalue weighted by Crippen LogP contribution is -2.33. The zero-order valence-corrected chi connectivity index (χ0v) is 13.2. The third-order valence-electron chi connectivity index (χ3n) is 3.29. The third kappa shape index (κ3) is 4.43. The standard InChI is InChI=1S/C17H22N2O3/c1-17(2,3)15-10-14(19-22-15)16(21)18-11-13(20)9-12-7-5-4-6-8-12/h4-8,10,13,20H,9,11H2,1-3H3,(H,18,21). The molecule has 22 heavy (non-hydrogen) atoms. The Morgan fingerprint density at radius 2 is 2.00 bits per heavy atom. The summed E-state index contributed by atoms with van der Waals surface area (Å²) >= 11 is 0. The van der Waals surface area contributed by atoms with Crippen molar-refractivity contribution in [2.45, 2.75) is 38.7 Å². The molecule has 2 aromatic rings. The number of amides is 1. The molecule has 1 atom stereocenters. The second-order valence-electron chi connectivity index (χ2n) is 6.38. The van der Waals surface area contributed by atoms with E-state index in [2.05, 4.69) is 10.5 Å². The van der Waals surface area contributed by atoms with Gasteiger partial charge in [-0.05, 0) is 5.56 Å². The van der Waals surface area contributed by atoms with Gasteiger partial charge in [0, 0.05) is 24.4 Å².